The Bertz CT molecular complexity index is 1200. The number of fused-ring (bicyclic) bond motifs is 3. The van der Waals surface area contributed by atoms with Crippen molar-refractivity contribution in [1.29, 1.82) is 0 Å². The van der Waals surface area contributed by atoms with Crippen LogP contribution in [0.5, 0.6) is 0 Å². The number of nitrogens with zero attached hydrogens (tertiary/aromatic N) is 3. The Balaban J connectivity index is 1.34. The fraction of sp³-hybridized carbons (Fsp3) is 0.310. The molecule has 2 heterocycles. The molecule has 2 aliphatic heterocycles. The van der Waals surface area contributed by atoms with Crippen LogP contribution in [-0.4, -0.2) is 29.3 Å². The van der Waals surface area contributed by atoms with Crippen molar-refractivity contribution in [3.63, 3.8) is 0 Å². The molecule has 1 saturated carbocycles. The molecular formula is C29H29N3O2. The topological polar surface area (TPSA) is 43.9 Å². The lowest BCUT2D eigenvalue weighted by atomic mass is 10.0. The lowest BCUT2D eigenvalue weighted by molar-refractivity contribution is -0.123. The van der Waals surface area contributed by atoms with E-state index in [2.05, 4.69) is 41.3 Å². The van der Waals surface area contributed by atoms with Crippen LogP contribution in [0.15, 0.2) is 78.9 Å². The normalized spacial score (nSPS) is 21.7. The van der Waals surface area contributed by atoms with Crippen LogP contribution >= 0.6 is 0 Å². The lowest BCUT2D eigenvalue weighted by Crippen LogP contribution is -2.48. The van der Waals surface area contributed by atoms with Crippen molar-refractivity contribution in [2.75, 3.05) is 16.3 Å². The first-order valence-electron chi connectivity index (χ1n) is 12.2. The van der Waals surface area contributed by atoms with Gasteiger partial charge in [-0.25, -0.2) is 0 Å². The summed E-state index contributed by atoms with van der Waals surface area (Å²) in [4.78, 5) is 33.8. The van der Waals surface area contributed by atoms with Crippen LogP contribution in [0.1, 0.15) is 36.0 Å². The number of hydrogen-bond acceptors (Lipinski definition) is 3. The van der Waals surface area contributed by atoms with Gasteiger partial charge in [-0.05, 0) is 41.7 Å². The molecule has 2 atom stereocenters. The first-order valence-corrected chi connectivity index (χ1v) is 12.2. The summed E-state index contributed by atoms with van der Waals surface area (Å²) < 4.78 is 0. The number of hydrogen-bond donors (Lipinski definition) is 0. The van der Waals surface area contributed by atoms with E-state index < -0.39 is 0 Å². The Kier molecular flexibility index (Phi) is 5.42. The molecule has 0 aromatic heterocycles. The average molecular weight is 452 g/mol. The zero-order valence-corrected chi connectivity index (χ0v) is 19.3. The van der Waals surface area contributed by atoms with Gasteiger partial charge >= 0.3 is 0 Å². The van der Waals surface area contributed by atoms with Crippen LogP contribution in [0.2, 0.25) is 0 Å². The van der Waals surface area contributed by atoms with Crippen molar-refractivity contribution >= 4 is 23.2 Å². The highest BCUT2D eigenvalue weighted by atomic mass is 16.2. The Morgan fingerprint density at radius 2 is 1.44 bits per heavy atom. The summed E-state index contributed by atoms with van der Waals surface area (Å²) in [5.41, 5.74) is 5.39. The number of amides is 2. The second kappa shape index (κ2) is 8.73. The van der Waals surface area contributed by atoms with Gasteiger partial charge in [0.15, 0.2) is 0 Å². The number of carbonyl (C=O) groups is 2. The molecule has 3 aromatic carbocycles. The summed E-state index contributed by atoms with van der Waals surface area (Å²) >= 11 is 0. The Hall–Kier alpha value is -3.44. The summed E-state index contributed by atoms with van der Waals surface area (Å²) in [6.07, 6.45) is 2.68. The van der Waals surface area contributed by atoms with Crippen LogP contribution in [0.25, 0.3) is 0 Å². The summed E-state index contributed by atoms with van der Waals surface area (Å²) in [6.45, 7) is 2.47. The van der Waals surface area contributed by atoms with Gasteiger partial charge in [-0.1, -0.05) is 73.2 Å². The van der Waals surface area contributed by atoms with Gasteiger partial charge in [0.2, 0.25) is 11.8 Å². The van der Waals surface area contributed by atoms with E-state index in [0.717, 1.165) is 49.3 Å². The molecule has 34 heavy (non-hydrogen) atoms. The SMILES string of the molecule is O=C1[C@H]2CCCC2N(C(=O)CN2Cc3ccccc3C2)c2ccccc2N1Cc1ccccc1. The van der Waals surface area contributed by atoms with Gasteiger partial charge in [0.05, 0.1) is 30.4 Å². The molecule has 5 heteroatoms. The molecule has 3 aliphatic rings. The van der Waals surface area contributed by atoms with Gasteiger partial charge < -0.3 is 9.80 Å². The molecule has 0 N–H and O–H groups in total. The molecule has 0 saturated heterocycles. The number of benzene rings is 3. The molecular weight excluding hydrogens is 422 g/mol. The number of carbonyl (C=O) groups excluding carboxylic acids is 2. The van der Waals surface area contributed by atoms with E-state index in [1.165, 1.54) is 11.1 Å². The van der Waals surface area contributed by atoms with Crippen molar-refractivity contribution in [2.45, 2.75) is 44.9 Å². The van der Waals surface area contributed by atoms with Gasteiger partial charge in [0.1, 0.15) is 0 Å². The molecule has 0 spiro atoms. The van der Waals surface area contributed by atoms with Crippen LogP contribution in [0.4, 0.5) is 11.4 Å². The van der Waals surface area contributed by atoms with Gasteiger partial charge in [-0.3, -0.25) is 14.5 Å². The third-order valence-corrected chi connectivity index (χ3v) is 7.54. The fourth-order valence-corrected chi connectivity index (χ4v) is 5.96. The second-order valence-electron chi connectivity index (χ2n) is 9.68. The predicted octanol–water partition coefficient (Wildman–Crippen LogP) is 4.75. The van der Waals surface area contributed by atoms with Crippen molar-refractivity contribution in [2.24, 2.45) is 5.92 Å². The zero-order chi connectivity index (χ0) is 23.1. The standard InChI is InChI=1S/C29H29N3O2/c33-28(20-30-18-22-11-4-5-12-23(22)19-30)32-25-16-8-13-24(25)29(34)31(17-21-9-2-1-3-10-21)26-14-6-7-15-27(26)32/h1-7,9-12,14-15,24-25H,8,13,16-20H2/t24-,25?/m0/s1. The van der Waals surface area contributed by atoms with Gasteiger partial charge in [0.25, 0.3) is 0 Å². The maximum Gasteiger partial charge on any atom is 0.241 e. The van der Waals surface area contributed by atoms with Crippen molar-refractivity contribution in [3.05, 3.63) is 95.6 Å². The summed E-state index contributed by atoms with van der Waals surface area (Å²) in [7, 11) is 0. The zero-order valence-electron chi connectivity index (χ0n) is 19.3. The molecule has 172 valence electrons. The molecule has 1 aliphatic carbocycles. The number of anilines is 2. The minimum absolute atomic E-state index is 0.0769. The van der Waals surface area contributed by atoms with Gasteiger partial charge in [-0.2, -0.15) is 0 Å². The third kappa shape index (κ3) is 3.70. The van der Waals surface area contributed by atoms with E-state index in [0.29, 0.717) is 13.1 Å². The maximum atomic E-state index is 13.9. The molecule has 5 nitrogen and oxygen atoms in total. The van der Waals surface area contributed by atoms with Gasteiger partial charge in [0, 0.05) is 19.1 Å². The third-order valence-electron chi connectivity index (χ3n) is 7.54. The van der Waals surface area contributed by atoms with Crippen molar-refractivity contribution < 1.29 is 9.59 Å². The van der Waals surface area contributed by atoms with Gasteiger partial charge in [-0.15, -0.1) is 0 Å². The van der Waals surface area contributed by atoms with E-state index in [-0.39, 0.29) is 23.8 Å². The highest BCUT2D eigenvalue weighted by Crippen LogP contribution is 2.43. The number of para-hydroxylation sites is 2. The minimum atomic E-state index is -0.157. The number of rotatable bonds is 4. The summed E-state index contributed by atoms with van der Waals surface area (Å²) in [6, 6.07) is 26.4. The first kappa shape index (κ1) is 21.1. The highest BCUT2D eigenvalue weighted by molar-refractivity contribution is 6.07. The van der Waals surface area contributed by atoms with Crippen molar-refractivity contribution in [1.82, 2.24) is 4.90 Å². The average Bonchev–Trinajstić information content (AvgIpc) is 3.48. The Morgan fingerprint density at radius 1 is 0.794 bits per heavy atom. The maximum absolute atomic E-state index is 13.9. The van der Waals surface area contributed by atoms with E-state index >= 15 is 0 Å². The second-order valence-corrected chi connectivity index (χ2v) is 9.68. The van der Waals surface area contributed by atoms with E-state index in [1.807, 2.05) is 52.3 Å². The van der Waals surface area contributed by atoms with Crippen LogP contribution < -0.4 is 9.80 Å². The molecule has 1 unspecified atom stereocenters. The quantitative estimate of drug-likeness (QED) is 0.575. The first-order chi connectivity index (χ1) is 16.7. The van der Waals surface area contributed by atoms with Crippen LogP contribution in [0.3, 0.4) is 0 Å². The molecule has 2 amide bonds. The molecule has 3 aromatic rings. The van der Waals surface area contributed by atoms with Crippen molar-refractivity contribution in [3.8, 4) is 0 Å². The lowest BCUT2D eigenvalue weighted by Gasteiger charge is -2.32. The monoisotopic (exact) mass is 451 g/mol. The highest BCUT2D eigenvalue weighted by Gasteiger charge is 2.45. The molecule has 0 bridgehead atoms. The Labute approximate surface area is 200 Å². The largest absolute Gasteiger partial charge is 0.306 e. The van der Waals surface area contributed by atoms with Crippen LogP contribution in [-0.2, 0) is 29.2 Å². The van der Waals surface area contributed by atoms with E-state index in [4.69, 9.17) is 0 Å². The Morgan fingerprint density at radius 3 is 2.18 bits per heavy atom. The van der Waals surface area contributed by atoms with E-state index in [1.54, 1.807) is 0 Å². The predicted molar refractivity (Wildman–Crippen MR) is 133 cm³/mol. The van der Waals surface area contributed by atoms with E-state index in [9.17, 15) is 9.59 Å². The summed E-state index contributed by atoms with van der Waals surface area (Å²) in [5.74, 6) is 0.0741. The molecule has 0 radical (unpaired) electrons. The smallest absolute Gasteiger partial charge is 0.241 e. The summed E-state index contributed by atoms with van der Waals surface area (Å²) in [5, 5.41) is 0. The molecule has 6 rings (SSSR count). The molecule has 1 fully saturated rings. The fourth-order valence-electron chi connectivity index (χ4n) is 5.96. The van der Waals surface area contributed by atoms with Crippen LogP contribution in [0, 0.1) is 5.92 Å². The minimum Gasteiger partial charge on any atom is -0.306 e.